The number of hydrogen-bond donors (Lipinski definition) is 2. The lowest BCUT2D eigenvalue weighted by Gasteiger charge is -1.89. The van der Waals surface area contributed by atoms with Crippen LogP contribution >= 0.6 is 27.3 Å². The molecular formula is C8H5BrN2O2S. The highest BCUT2D eigenvalue weighted by molar-refractivity contribution is 9.10. The van der Waals surface area contributed by atoms with Crippen LogP contribution in [0.4, 0.5) is 9.93 Å². The van der Waals surface area contributed by atoms with Crippen molar-refractivity contribution in [2.75, 3.05) is 5.32 Å². The van der Waals surface area contributed by atoms with Gasteiger partial charge in [-0.2, -0.15) is 0 Å². The molecule has 72 valence electrons. The Bertz CT molecular complexity index is 497. The molecule has 0 radical (unpaired) electrons. The van der Waals surface area contributed by atoms with Crippen LogP contribution in [-0.4, -0.2) is 16.2 Å². The number of rotatable bonds is 1. The molecule has 0 fully saturated rings. The summed E-state index contributed by atoms with van der Waals surface area (Å²) in [5.74, 6) is 0. The van der Waals surface area contributed by atoms with Crippen molar-refractivity contribution in [1.29, 1.82) is 0 Å². The molecule has 0 saturated carbocycles. The SMILES string of the molecule is O=C(O)Nc1nc2cc(Br)ccc2s1. The first-order chi connectivity index (χ1) is 6.65. The molecule has 0 bridgehead atoms. The van der Waals surface area contributed by atoms with Crippen LogP contribution < -0.4 is 5.32 Å². The van der Waals surface area contributed by atoms with Crippen molar-refractivity contribution >= 4 is 48.7 Å². The van der Waals surface area contributed by atoms with Gasteiger partial charge in [0.05, 0.1) is 10.2 Å². The molecule has 0 aliphatic heterocycles. The monoisotopic (exact) mass is 272 g/mol. The predicted molar refractivity (Wildman–Crippen MR) is 59.0 cm³/mol. The number of carbonyl (C=O) groups is 1. The number of nitrogens with one attached hydrogen (secondary N) is 1. The van der Waals surface area contributed by atoms with Crippen molar-refractivity contribution in [2.45, 2.75) is 0 Å². The standard InChI is InChI=1S/C8H5BrN2O2S/c9-4-1-2-6-5(3-4)10-7(14-6)11-8(12)13/h1-3H,(H,10,11)(H,12,13). The van der Waals surface area contributed by atoms with Gasteiger partial charge in [-0.1, -0.05) is 27.3 Å². The third kappa shape index (κ3) is 1.85. The van der Waals surface area contributed by atoms with Crippen molar-refractivity contribution < 1.29 is 9.90 Å². The Balaban J connectivity index is 2.46. The molecule has 2 N–H and O–H groups in total. The number of nitrogens with zero attached hydrogens (tertiary/aromatic N) is 1. The number of aromatic nitrogens is 1. The molecule has 1 aromatic heterocycles. The van der Waals surface area contributed by atoms with Crippen LogP contribution in [0.2, 0.25) is 0 Å². The zero-order chi connectivity index (χ0) is 10.1. The van der Waals surface area contributed by atoms with Gasteiger partial charge in [0, 0.05) is 4.47 Å². The van der Waals surface area contributed by atoms with Gasteiger partial charge < -0.3 is 5.11 Å². The highest BCUT2D eigenvalue weighted by Gasteiger charge is 2.05. The van der Waals surface area contributed by atoms with E-state index < -0.39 is 6.09 Å². The van der Waals surface area contributed by atoms with Crippen LogP contribution in [0.1, 0.15) is 0 Å². The van der Waals surface area contributed by atoms with E-state index in [1.807, 2.05) is 18.2 Å². The zero-order valence-corrected chi connectivity index (χ0v) is 9.22. The van der Waals surface area contributed by atoms with Gasteiger partial charge in [0.2, 0.25) is 0 Å². The summed E-state index contributed by atoms with van der Waals surface area (Å²) in [6.45, 7) is 0. The van der Waals surface area contributed by atoms with Crippen molar-refractivity contribution in [1.82, 2.24) is 4.98 Å². The Morgan fingerprint density at radius 2 is 2.36 bits per heavy atom. The summed E-state index contributed by atoms with van der Waals surface area (Å²) in [4.78, 5) is 14.5. The number of amides is 1. The second-order valence-corrected chi connectivity index (χ2v) is 4.51. The summed E-state index contributed by atoms with van der Waals surface area (Å²) in [6, 6.07) is 5.63. The van der Waals surface area contributed by atoms with Crippen LogP contribution in [0.3, 0.4) is 0 Å². The summed E-state index contributed by atoms with van der Waals surface area (Å²) in [6.07, 6.45) is -1.09. The second-order valence-electron chi connectivity index (χ2n) is 2.56. The summed E-state index contributed by atoms with van der Waals surface area (Å²) >= 11 is 4.63. The van der Waals surface area contributed by atoms with E-state index in [9.17, 15) is 4.79 Å². The number of thiazole rings is 1. The molecule has 0 unspecified atom stereocenters. The number of anilines is 1. The quantitative estimate of drug-likeness (QED) is 0.838. The van der Waals surface area contributed by atoms with Crippen LogP contribution in [0.5, 0.6) is 0 Å². The summed E-state index contributed by atoms with van der Waals surface area (Å²) in [5, 5.41) is 11.1. The van der Waals surface area contributed by atoms with Crippen LogP contribution in [-0.2, 0) is 0 Å². The van der Waals surface area contributed by atoms with E-state index in [2.05, 4.69) is 26.2 Å². The zero-order valence-electron chi connectivity index (χ0n) is 6.82. The number of hydrogen-bond acceptors (Lipinski definition) is 3. The molecule has 4 nitrogen and oxygen atoms in total. The Kier molecular flexibility index (Phi) is 2.39. The Morgan fingerprint density at radius 1 is 1.57 bits per heavy atom. The van der Waals surface area contributed by atoms with E-state index in [0.717, 1.165) is 14.7 Å². The minimum atomic E-state index is -1.09. The van der Waals surface area contributed by atoms with Gasteiger partial charge in [0.1, 0.15) is 0 Å². The fourth-order valence-corrected chi connectivity index (χ4v) is 2.23. The second kappa shape index (κ2) is 3.55. The first-order valence-electron chi connectivity index (χ1n) is 3.71. The molecule has 6 heteroatoms. The number of benzene rings is 1. The summed E-state index contributed by atoms with van der Waals surface area (Å²) in [5.41, 5.74) is 0.785. The van der Waals surface area contributed by atoms with Gasteiger partial charge in [0.15, 0.2) is 5.13 Å². The predicted octanol–water partition coefficient (Wildman–Crippen LogP) is 3.15. The first-order valence-corrected chi connectivity index (χ1v) is 5.32. The maximum Gasteiger partial charge on any atom is 0.410 e. The average molecular weight is 273 g/mol. The van der Waals surface area contributed by atoms with Crippen molar-refractivity contribution in [3.05, 3.63) is 22.7 Å². The van der Waals surface area contributed by atoms with E-state index in [4.69, 9.17) is 5.11 Å². The third-order valence-corrected chi connectivity index (χ3v) is 3.01. The van der Waals surface area contributed by atoms with E-state index >= 15 is 0 Å². The lowest BCUT2D eigenvalue weighted by molar-refractivity contribution is 0.210. The van der Waals surface area contributed by atoms with Crippen LogP contribution in [0.25, 0.3) is 10.2 Å². The normalized spacial score (nSPS) is 10.4. The van der Waals surface area contributed by atoms with E-state index in [0.29, 0.717) is 5.13 Å². The fourth-order valence-electron chi connectivity index (χ4n) is 1.05. The maximum atomic E-state index is 10.4. The fraction of sp³-hybridized carbons (Fsp3) is 0. The molecule has 1 heterocycles. The lowest BCUT2D eigenvalue weighted by Crippen LogP contribution is -2.06. The minimum Gasteiger partial charge on any atom is -0.465 e. The van der Waals surface area contributed by atoms with Crippen molar-refractivity contribution in [3.63, 3.8) is 0 Å². The van der Waals surface area contributed by atoms with Gasteiger partial charge in [-0.25, -0.2) is 9.78 Å². The van der Waals surface area contributed by atoms with Gasteiger partial charge in [-0.05, 0) is 18.2 Å². The smallest absolute Gasteiger partial charge is 0.410 e. The Morgan fingerprint density at radius 3 is 3.07 bits per heavy atom. The summed E-state index contributed by atoms with van der Waals surface area (Å²) < 4.78 is 1.88. The third-order valence-electron chi connectivity index (χ3n) is 1.56. The molecule has 0 spiro atoms. The van der Waals surface area contributed by atoms with Gasteiger partial charge in [-0.15, -0.1) is 0 Å². The molecule has 0 aliphatic rings. The topological polar surface area (TPSA) is 62.2 Å². The summed E-state index contributed by atoms with van der Waals surface area (Å²) in [7, 11) is 0. The molecular weight excluding hydrogens is 268 g/mol. The highest BCUT2D eigenvalue weighted by Crippen LogP contribution is 2.27. The van der Waals surface area contributed by atoms with Crippen LogP contribution in [0, 0.1) is 0 Å². The van der Waals surface area contributed by atoms with Crippen LogP contribution in [0.15, 0.2) is 22.7 Å². The molecule has 1 aromatic carbocycles. The number of carboxylic acid groups (broad SMARTS) is 1. The Labute approximate surface area is 91.7 Å². The molecule has 0 aliphatic carbocycles. The molecule has 0 atom stereocenters. The van der Waals surface area contributed by atoms with Gasteiger partial charge >= 0.3 is 6.09 Å². The van der Waals surface area contributed by atoms with Gasteiger partial charge in [0.25, 0.3) is 0 Å². The molecule has 0 saturated heterocycles. The number of fused-ring (bicyclic) bond motifs is 1. The molecule has 14 heavy (non-hydrogen) atoms. The van der Waals surface area contributed by atoms with Gasteiger partial charge in [-0.3, -0.25) is 5.32 Å². The molecule has 2 rings (SSSR count). The van der Waals surface area contributed by atoms with E-state index in [1.165, 1.54) is 11.3 Å². The van der Waals surface area contributed by atoms with Crippen molar-refractivity contribution in [2.24, 2.45) is 0 Å². The molecule has 1 amide bonds. The number of halogens is 1. The lowest BCUT2D eigenvalue weighted by atomic mass is 10.3. The Hall–Kier alpha value is -1.14. The maximum absolute atomic E-state index is 10.4. The minimum absolute atomic E-state index is 0.394. The van der Waals surface area contributed by atoms with E-state index in [1.54, 1.807) is 0 Å². The molecule has 2 aromatic rings. The van der Waals surface area contributed by atoms with Crippen molar-refractivity contribution in [3.8, 4) is 0 Å². The average Bonchev–Trinajstić information content (AvgIpc) is 2.44. The largest absolute Gasteiger partial charge is 0.465 e. The van der Waals surface area contributed by atoms with E-state index in [-0.39, 0.29) is 0 Å². The highest BCUT2D eigenvalue weighted by atomic mass is 79.9. The first kappa shape index (κ1) is 9.42.